The molecule has 8 heteroatoms. The number of aromatic nitrogens is 1. The van der Waals surface area contributed by atoms with Crippen LogP contribution in [0, 0.1) is 5.92 Å². The average molecular weight is 362 g/mol. The molecule has 0 radical (unpaired) electrons. The molecule has 0 aromatic carbocycles. The average Bonchev–Trinajstić information content (AvgIpc) is 2.96. The fraction of sp³-hybridized carbons (Fsp3) is 0.500. The van der Waals surface area contributed by atoms with E-state index in [2.05, 4.69) is 10.3 Å². The molecule has 1 unspecified atom stereocenters. The highest BCUT2D eigenvalue weighted by Gasteiger charge is 2.36. The van der Waals surface area contributed by atoms with Crippen molar-refractivity contribution in [3.05, 3.63) is 28.0 Å². The van der Waals surface area contributed by atoms with Gasteiger partial charge in [0.25, 0.3) is 5.91 Å². The monoisotopic (exact) mass is 361 g/mol. The summed E-state index contributed by atoms with van der Waals surface area (Å²) in [6.07, 6.45) is 0. The topological polar surface area (TPSA) is 62.3 Å². The standard InChI is InChI=1S/C14H17Cl2N3O2S/c1-8(2)5-17-13(20)10-6-22-7-19(10)14(21)12-9(15)3-4-11(16)18-12/h3-4,8,10H,5-7H2,1-2H3,(H,17,20). The lowest BCUT2D eigenvalue weighted by atomic mass is 10.2. The first kappa shape index (κ1) is 17.4. The lowest BCUT2D eigenvalue weighted by molar-refractivity contribution is -0.124. The van der Waals surface area contributed by atoms with Crippen LogP contribution in [0.25, 0.3) is 0 Å². The lowest BCUT2D eigenvalue weighted by Crippen LogP contribution is -2.48. The molecular formula is C14H17Cl2N3O2S. The van der Waals surface area contributed by atoms with E-state index in [0.29, 0.717) is 24.1 Å². The fourth-order valence-electron chi connectivity index (χ4n) is 1.99. The van der Waals surface area contributed by atoms with Gasteiger partial charge in [0.1, 0.15) is 16.9 Å². The van der Waals surface area contributed by atoms with Crippen molar-refractivity contribution in [2.75, 3.05) is 18.2 Å². The largest absolute Gasteiger partial charge is 0.354 e. The minimum atomic E-state index is -0.506. The number of nitrogens with zero attached hydrogens (tertiary/aromatic N) is 2. The van der Waals surface area contributed by atoms with Gasteiger partial charge in [-0.2, -0.15) is 0 Å². The molecule has 22 heavy (non-hydrogen) atoms. The minimum Gasteiger partial charge on any atom is -0.354 e. The number of nitrogens with one attached hydrogen (secondary N) is 1. The van der Waals surface area contributed by atoms with Gasteiger partial charge in [-0.15, -0.1) is 11.8 Å². The summed E-state index contributed by atoms with van der Waals surface area (Å²) in [6.45, 7) is 4.61. The van der Waals surface area contributed by atoms with Crippen LogP contribution >= 0.6 is 35.0 Å². The van der Waals surface area contributed by atoms with Crippen LogP contribution < -0.4 is 5.32 Å². The van der Waals surface area contributed by atoms with Crippen LogP contribution in [0.2, 0.25) is 10.2 Å². The van der Waals surface area contributed by atoms with Crippen molar-refractivity contribution < 1.29 is 9.59 Å². The number of rotatable bonds is 4. The summed E-state index contributed by atoms with van der Waals surface area (Å²) in [5.74, 6) is 0.829. The van der Waals surface area contributed by atoms with Gasteiger partial charge in [-0.05, 0) is 18.1 Å². The van der Waals surface area contributed by atoms with E-state index in [0.717, 1.165) is 0 Å². The lowest BCUT2D eigenvalue weighted by Gasteiger charge is -2.23. The van der Waals surface area contributed by atoms with Gasteiger partial charge in [0.2, 0.25) is 5.91 Å². The van der Waals surface area contributed by atoms with E-state index in [4.69, 9.17) is 23.2 Å². The molecule has 1 aliphatic heterocycles. The maximum Gasteiger partial charge on any atom is 0.275 e. The summed E-state index contributed by atoms with van der Waals surface area (Å²) < 4.78 is 0. The number of halogens is 2. The Kier molecular flexibility index (Phi) is 5.94. The molecule has 1 N–H and O–H groups in total. The van der Waals surface area contributed by atoms with Crippen molar-refractivity contribution in [3.8, 4) is 0 Å². The van der Waals surface area contributed by atoms with Crippen molar-refractivity contribution in [1.29, 1.82) is 0 Å². The molecule has 1 aromatic heterocycles. The number of amides is 2. The molecular weight excluding hydrogens is 345 g/mol. The van der Waals surface area contributed by atoms with Gasteiger partial charge < -0.3 is 10.2 Å². The van der Waals surface area contributed by atoms with E-state index in [-0.39, 0.29) is 27.7 Å². The van der Waals surface area contributed by atoms with Crippen molar-refractivity contribution in [1.82, 2.24) is 15.2 Å². The Morgan fingerprint density at radius 3 is 2.86 bits per heavy atom. The molecule has 1 fully saturated rings. The predicted molar refractivity (Wildman–Crippen MR) is 89.4 cm³/mol. The van der Waals surface area contributed by atoms with Crippen LogP contribution in [0.4, 0.5) is 0 Å². The quantitative estimate of drug-likeness (QED) is 0.837. The Hall–Kier alpha value is -0.980. The molecule has 0 spiro atoms. The van der Waals surface area contributed by atoms with Crippen LogP contribution in [-0.2, 0) is 4.79 Å². The van der Waals surface area contributed by atoms with Crippen molar-refractivity contribution in [2.45, 2.75) is 19.9 Å². The third-order valence-electron chi connectivity index (χ3n) is 3.14. The van der Waals surface area contributed by atoms with Gasteiger partial charge in [-0.3, -0.25) is 9.59 Å². The third-order valence-corrected chi connectivity index (χ3v) is 4.67. The molecule has 1 saturated heterocycles. The molecule has 2 rings (SSSR count). The van der Waals surface area contributed by atoms with E-state index in [1.54, 1.807) is 0 Å². The SMILES string of the molecule is CC(C)CNC(=O)C1CSCN1C(=O)c1nc(Cl)ccc1Cl. The Morgan fingerprint density at radius 2 is 2.18 bits per heavy atom. The first-order valence-electron chi connectivity index (χ1n) is 6.88. The second-order valence-electron chi connectivity index (χ2n) is 5.39. The minimum absolute atomic E-state index is 0.0818. The van der Waals surface area contributed by atoms with Gasteiger partial charge in [-0.1, -0.05) is 37.0 Å². The van der Waals surface area contributed by atoms with E-state index >= 15 is 0 Å². The predicted octanol–water partition coefficient (Wildman–Crippen LogP) is 2.68. The summed E-state index contributed by atoms with van der Waals surface area (Å²) >= 11 is 13.4. The number of thioether (sulfide) groups is 1. The van der Waals surface area contributed by atoms with Gasteiger partial charge in [0.15, 0.2) is 0 Å². The van der Waals surface area contributed by atoms with E-state index in [9.17, 15) is 9.59 Å². The summed E-state index contributed by atoms with van der Waals surface area (Å²) in [4.78, 5) is 30.3. The zero-order valence-corrected chi connectivity index (χ0v) is 14.6. The molecule has 1 aliphatic rings. The van der Waals surface area contributed by atoms with Crippen molar-refractivity contribution >= 4 is 46.8 Å². The van der Waals surface area contributed by atoms with Crippen molar-refractivity contribution in [3.63, 3.8) is 0 Å². The van der Waals surface area contributed by atoms with Crippen LogP contribution in [0.1, 0.15) is 24.3 Å². The fourth-order valence-corrected chi connectivity index (χ4v) is 3.47. The number of hydrogen-bond donors (Lipinski definition) is 1. The molecule has 1 atom stereocenters. The van der Waals surface area contributed by atoms with Gasteiger partial charge in [0.05, 0.1) is 10.9 Å². The normalized spacial score (nSPS) is 17.9. The zero-order valence-electron chi connectivity index (χ0n) is 12.3. The molecule has 0 saturated carbocycles. The Morgan fingerprint density at radius 1 is 1.45 bits per heavy atom. The van der Waals surface area contributed by atoms with E-state index in [1.165, 1.54) is 28.8 Å². The highest BCUT2D eigenvalue weighted by molar-refractivity contribution is 7.99. The molecule has 0 bridgehead atoms. The zero-order chi connectivity index (χ0) is 16.3. The number of pyridine rings is 1. The Balaban J connectivity index is 2.14. The summed E-state index contributed by atoms with van der Waals surface area (Å²) in [7, 11) is 0. The Bertz CT molecular complexity index is 583. The first-order valence-corrected chi connectivity index (χ1v) is 8.79. The number of carbonyl (C=O) groups is 2. The molecule has 1 aromatic rings. The number of carbonyl (C=O) groups excluding carboxylic acids is 2. The highest BCUT2D eigenvalue weighted by Crippen LogP contribution is 2.26. The Labute approximate surface area is 143 Å². The van der Waals surface area contributed by atoms with Crippen LogP contribution in [0.15, 0.2) is 12.1 Å². The highest BCUT2D eigenvalue weighted by atomic mass is 35.5. The smallest absolute Gasteiger partial charge is 0.275 e. The molecule has 120 valence electrons. The van der Waals surface area contributed by atoms with E-state index in [1.807, 2.05) is 13.8 Å². The summed E-state index contributed by atoms with van der Waals surface area (Å²) in [5, 5.41) is 3.28. The van der Waals surface area contributed by atoms with Gasteiger partial charge >= 0.3 is 0 Å². The van der Waals surface area contributed by atoms with E-state index < -0.39 is 6.04 Å². The van der Waals surface area contributed by atoms with Crippen LogP contribution in [0.3, 0.4) is 0 Å². The first-order chi connectivity index (χ1) is 10.4. The number of hydrogen-bond acceptors (Lipinski definition) is 4. The second kappa shape index (κ2) is 7.53. The van der Waals surface area contributed by atoms with Gasteiger partial charge in [-0.25, -0.2) is 4.98 Å². The maximum absolute atomic E-state index is 12.6. The maximum atomic E-state index is 12.6. The molecule has 0 aliphatic carbocycles. The second-order valence-corrected chi connectivity index (χ2v) is 7.19. The molecule has 5 nitrogen and oxygen atoms in total. The molecule has 2 amide bonds. The van der Waals surface area contributed by atoms with Gasteiger partial charge in [0, 0.05) is 12.3 Å². The summed E-state index contributed by atoms with van der Waals surface area (Å²) in [6, 6.07) is 2.54. The van der Waals surface area contributed by atoms with Crippen molar-refractivity contribution in [2.24, 2.45) is 5.92 Å². The molecule has 2 heterocycles. The summed E-state index contributed by atoms with van der Waals surface area (Å²) in [5.41, 5.74) is 0.0818. The van der Waals surface area contributed by atoms with Crippen LogP contribution in [-0.4, -0.2) is 45.9 Å². The van der Waals surface area contributed by atoms with Crippen LogP contribution in [0.5, 0.6) is 0 Å². The third kappa shape index (κ3) is 4.06.